The summed E-state index contributed by atoms with van der Waals surface area (Å²) >= 11 is 0. The Balaban J connectivity index is 3.12. The van der Waals surface area contributed by atoms with Crippen molar-refractivity contribution in [2.75, 3.05) is 7.11 Å². The van der Waals surface area contributed by atoms with E-state index in [1.54, 1.807) is 0 Å². The zero-order valence-corrected chi connectivity index (χ0v) is 5.77. The lowest BCUT2D eigenvalue weighted by Crippen LogP contribution is -1.93. The van der Waals surface area contributed by atoms with Crippen LogP contribution in [0.1, 0.15) is 0 Å². The van der Waals surface area contributed by atoms with Crippen LogP contribution in [0.3, 0.4) is 0 Å². The topological polar surface area (TPSA) is 65.3 Å². The molecule has 11 heavy (non-hydrogen) atoms. The van der Waals surface area contributed by atoms with Gasteiger partial charge in [0.2, 0.25) is 5.75 Å². The summed E-state index contributed by atoms with van der Waals surface area (Å²) in [6.07, 6.45) is 3.59. The number of nitrogens with zero attached hydrogens (tertiary/aromatic N) is 2. The van der Waals surface area contributed by atoms with Crippen molar-refractivity contribution in [2.24, 2.45) is 0 Å². The van der Waals surface area contributed by atoms with Crippen molar-refractivity contribution < 1.29 is 9.66 Å². The van der Waals surface area contributed by atoms with Gasteiger partial charge in [0.15, 0.2) is 6.20 Å². The maximum atomic E-state index is 10.2. The molecule has 0 fully saturated rings. The molecule has 0 atom stereocenters. The summed E-state index contributed by atoms with van der Waals surface area (Å²) in [7, 11) is 1.36. The standard InChI is InChI=1S/C6H5N2O3/c1-11-6-2-3-7-4-5(6)8(9)10/h2-3H,1H3. The first-order valence-electron chi connectivity index (χ1n) is 2.80. The third kappa shape index (κ3) is 1.43. The van der Waals surface area contributed by atoms with E-state index in [4.69, 9.17) is 4.74 Å². The summed E-state index contributed by atoms with van der Waals surface area (Å²) in [6, 6.07) is 1.41. The summed E-state index contributed by atoms with van der Waals surface area (Å²) in [4.78, 5) is 13.1. The maximum Gasteiger partial charge on any atom is 0.338 e. The predicted octanol–water partition coefficient (Wildman–Crippen LogP) is 0.799. The second-order valence-electron chi connectivity index (χ2n) is 1.73. The third-order valence-corrected chi connectivity index (χ3v) is 1.11. The highest BCUT2D eigenvalue weighted by Crippen LogP contribution is 2.22. The zero-order chi connectivity index (χ0) is 8.27. The Labute approximate surface area is 62.8 Å². The van der Waals surface area contributed by atoms with E-state index in [2.05, 4.69) is 11.2 Å². The molecule has 5 nitrogen and oxygen atoms in total. The highest BCUT2D eigenvalue weighted by atomic mass is 16.6. The highest BCUT2D eigenvalue weighted by Gasteiger charge is 2.13. The van der Waals surface area contributed by atoms with E-state index in [0.717, 1.165) is 0 Å². The monoisotopic (exact) mass is 153 g/mol. The SMILES string of the molecule is COc1ccn[c]c1[N+](=O)[O-]. The molecular weight excluding hydrogens is 148 g/mol. The number of rotatable bonds is 2. The van der Waals surface area contributed by atoms with Crippen LogP contribution < -0.4 is 4.74 Å². The van der Waals surface area contributed by atoms with Crippen molar-refractivity contribution in [3.05, 3.63) is 28.6 Å². The summed E-state index contributed by atoms with van der Waals surface area (Å²) in [5.74, 6) is 0.171. The largest absolute Gasteiger partial charge is 0.490 e. The molecule has 0 bridgehead atoms. The van der Waals surface area contributed by atoms with E-state index in [0.29, 0.717) is 0 Å². The van der Waals surface area contributed by atoms with Crippen LogP contribution in [-0.2, 0) is 0 Å². The maximum absolute atomic E-state index is 10.2. The van der Waals surface area contributed by atoms with Crippen LogP contribution in [0, 0.1) is 16.3 Å². The average Bonchev–Trinajstić information content (AvgIpc) is 2.04. The number of methoxy groups -OCH3 is 1. The van der Waals surface area contributed by atoms with Gasteiger partial charge >= 0.3 is 5.69 Å². The quantitative estimate of drug-likeness (QED) is 0.465. The van der Waals surface area contributed by atoms with Crippen molar-refractivity contribution in [1.29, 1.82) is 0 Å². The van der Waals surface area contributed by atoms with Crippen molar-refractivity contribution in [1.82, 2.24) is 4.98 Å². The Bertz CT molecular complexity index is 274. The first-order valence-corrected chi connectivity index (χ1v) is 2.80. The molecule has 0 unspecified atom stereocenters. The van der Waals surface area contributed by atoms with Crippen LogP contribution in [0.2, 0.25) is 0 Å². The van der Waals surface area contributed by atoms with Gasteiger partial charge < -0.3 is 4.74 Å². The number of hydrogen-bond acceptors (Lipinski definition) is 4. The second-order valence-corrected chi connectivity index (χ2v) is 1.73. The van der Waals surface area contributed by atoms with E-state index < -0.39 is 4.92 Å². The summed E-state index contributed by atoms with van der Waals surface area (Å²) in [5.41, 5.74) is -0.241. The average molecular weight is 153 g/mol. The minimum Gasteiger partial charge on any atom is -0.490 e. The summed E-state index contributed by atoms with van der Waals surface area (Å²) < 4.78 is 4.69. The predicted molar refractivity (Wildman–Crippen MR) is 36.3 cm³/mol. The minimum atomic E-state index is -0.591. The van der Waals surface area contributed by atoms with E-state index in [1.807, 2.05) is 0 Å². The molecule has 0 saturated carbocycles. The van der Waals surface area contributed by atoms with Crippen molar-refractivity contribution in [2.45, 2.75) is 0 Å². The van der Waals surface area contributed by atoms with Gasteiger partial charge in [-0.05, 0) is 0 Å². The first kappa shape index (κ1) is 7.46. The highest BCUT2D eigenvalue weighted by molar-refractivity contribution is 5.41. The van der Waals surface area contributed by atoms with E-state index >= 15 is 0 Å². The molecule has 1 rings (SSSR count). The fourth-order valence-electron chi connectivity index (χ4n) is 0.633. The fourth-order valence-corrected chi connectivity index (χ4v) is 0.633. The molecule has 1 aromatic rings. The molecule has 0 aliphatic rings. The molecule has 57 valence electrons. The van der Waals surface area contributed by atoms with Gasteiger partial charge in [0.25, 0.3) is 0 Å². The molecule has 0 amide bonds. The first-order chi connectivity index (χ1) is 5.25. The molecule has 5 heteroatoms. The van der Waals surface area contributed by atoms with Crippen molar-refractivity contribution in [3.8, 4) is 5.75 Å². The smallest absolute Gasteiger partial charge is 0.338 e. The molecule has 1 aromatic heterocycles. The van der Waals surface area contributed by atoms with Crippen LogP contribution >= 0.6 is 0 Å². The Morgan fingerprint density at radius 1 is 1.82 bits per heavy atom. The molecule has 0 spiro atoms. The van der Waals surface area contributed by atoms with E-state index in [-0.39, 0.29) is 11.4 Å². The van der Waals surface area contributed by atoms with Gasteiger partial charge in [-0.15, -0.1) is 0 Å². The van der Waals surface area contributed by atoms with Crippen LogP contribution in [0.5, 0.6) is 5.75 Å². The summed E-state index contributed by atoms with van der Waals surface area (Å²) in [5, 5.41) is 10.2. The number of nitro groups is 1. The van der Waals surface area contributed by atoms with Gasteiger partial charge in [0.1, 0.15) is 0 Å². The molecule has 0 aliphatic carbocycles. The number of ether oxygens (including phenoxy) is 1. The van der Waals surface area contributed by atoms with Gasteiger partial charge in [0.05, 0.1) is 12.0 Å². The Morgan fingerprint density at radius 3 is 3.00 bits per heavy atom. The lowest BCUT2D eigenvalue weighted by molar-refractivity contribution is -0.386. The van der Waals surface area contributed by atoms with Gasteiger partial charge in [-0.25, -0.2) is 4.98 Å². The summed E-state index contributed by atoms with van der Waals surface area (Å²) in [6.45, 7) is 0. The third-order valence-electron chi connectivity index (χ3n) is 1.11. The molecule has 0 aliphatic heterocycles. The van der Waals surface area contributed by atoms with Crippen molar-refractivity contribution >= 4 is 5.69 Å². The molecule has 0 aromatic carbocycles. The number of aromatic nitrogens is 1. The number of hydrogen-bond donors (Lipinski definition) is 0. The Morgan fingerprint density at radius 2 is 2.55 bits per heavy atom. The molecule has 0 N–H and O–H groups in total. The lowest BCUT2D eigenvalue weighted by atomic mass is 10.4. The Hall–Kier alpha value is -1.65. The van der Waals surface area contributed by atoms with E-state index in [1.165, 1.54) is 19.4 Å². The second kappa shape index (κ2) is 2.96. The van der Waals surface area contributed by atoms with Crippen LogP contribution in [0.4, 0.5) is 5.69 Å². The van der Waals surface area contributed by atoms with Crippen LogP contribution in [0.25, 0.3) is 0 Å². The van der Waals surface area contributed by atoms with Gasteiger partial charge in [-0.3, -0.25) is 10.1 Å². The van der Waals surface area contributed by atoms with Crippen LogP contribution in [-0.4, -0.2) is 17.0 Å². The Kier molecular flexibility index (Phi) is 2.00. The van der Waals surface area contributed by atoms with Gasteiger partial charge in [0, 0.05) is 12.3 Å². The van der Waals surface area contributed by atoms with Crippen molar-refractivity contribution in [3.63, 3.8) is 0 Å². The van der Waals surface area contributed by atoms with Crippen LogP contribution in [0.15, 0.2) is 12.3 Å². The number of pyridine rings is 1. The molecular formula is C6H5N2O3. The molecule has 1 radical (unpaired) electrons. The minimum absolute atomic E-state index is 0.171. The normalized spacial score (nSPS) is 9.18. The lowest BCUT2D eigenvalue weighted by Gasteiger charge is -1.97. The van der Waals surface area contributed by atoms with Gasteiger partial charge in [-0.1, -0.05) is 0 Å². The molecule has 1 heterocycles. The fraction of sp³-hybridized carbons (Fsp3) is 0.167. The van der Waals surface area contributed by atoms with E-state index in [9.17, 15) is 10.1 Å². The zero-order valence-electron chi connectivity index (χ0n) is 5.77. The molecule has 0 saturated heterocycles. The van der Waals surface area contributed by atoms with Gasteiger partial charge in [-0.2, -0.15) is 0 Å².